The first-order valence-electron chi connectivity index (χ1n) is 9.61. The maximum absolute atomic E-state index is 12.7. The van der Waals surface area contributed by atoms with E-state index in [0.29, 0.717) is 20.0 Å². The second-order valence-corrected chi connectivity index (χ2v) is 7.24. The van der Waals surface area contributed by atoms with E-state index in [4.69, 9.17) is 11.5 Å². The van der Waals surface area contributed by atoms with Gasteiger partial charge in [-0.1, -0.05) is 52.3 Å². The van der Waals surface area contributed by atoms with E-state index in [1.807, 2.05) is 0 Å². The Morgan fingerprint density at radius 1 is 0.625 bits per heavy atom. The molecule has 3 aromatic carbocycles. The molecule has 5 aromatic rings. The quantitative estimate of drug-likeness (QED) is 0.250. The van der Waals surface area contributed by atoms with Crippen molar-refractivity contribution >= 4 is 33.7 Å². The van der Waals surface area contributed by atoms with E-state index in [2.05, 4.69) is 0 Å². The van der Waals surface area contributed by atoms with Crippen LogP contribution in [-0.4, -0.2) is 19.9 Å². The molecule has 0 bridgehead atoms. The van der Waals surface area contributed by atoms with Gasteiger partial charge in [-0.05, 0) is 30.3 Å². The predicted octanol–water partition coefficient (Wildman–Crippen LogP) is 2.40. The number of para-hydroxylation sites is 4. The van der Waals surface area contributed by atoms with Crippen molar-refractivity contribution in [2.75, 3.05) is 11.5 Å². The zero-order valence-corrected chi connectivity index (χ0v) is 16.6. The Balaban J connectivity index is 1.81. The average Bonchev–Trinajstić information content (AvgIpc) is 2.82. The average molecular weight is 430 g/mol. The standard InChI is InChI=1S/C22H18N6O4/c23-21-19(25(29)15-8-1-3-10-17(15)27(21)31)13-6-5-7-14(12-13)20-22(24)28(32)18-11-4-2-9-16(18)26(20)30/h1-12,29-30H,23-24H2/q+2. The highest BCUT2D eigenvalue weighted by atomic mass is 16.5. The number of rotatable bonds is 2. The van der Waals surface area contributed by atoms with Crippen LogP contribution in [0.5, 0.6) is 0 Å². The van der Waals surface area contributed by atoms with Gasteiger partial charge in [0.1, 0.15) is 11.0 Å². The predicted molar refractivity (Wildman–Crippen MR) is 118 cm³/mol. The molecule has 10 nitrogen and oxygen atoms in total. The fourth-order valence-electron chi connectivity index (χ4n) is 3.89. The highest BCUT2D eigenvalue weighted by Crippen LogP contribution is 2.32. The number of benzene rings is 3. The molecule has 0 aliphatic carbocycles. The van der Waals surface area contributed by atoms with Gasteiger partial charge in [0.2, 0.25) is 11.0 Å². The van der Waals surface area contributed by atoms with E-state index in [-0.39, 0.29) is 45.1 Å². The highest BCUT2D eigenvalue weighted by molar-refractivity contribution is 5.83. The molecule has 5 rings (SSSR count). The number of hydrogen-bond donors (Lipinski definition) is 4. The van der Waals surface area contributed by atoms with Crippen LogP contribution in [0, 0.1) is 9.81 Å². The first kappa shape index (κ1) is 19.1. The number of aromatic nitrogens is 4. The number of fused-ring (bicyclic) bond motifs is 2. The van der Waals surface area contributed by atoms with Gasteiger partial charge in [-0.3, -0.25) is 11.5 Å². The zero-order valence-electron chi connectivity index (χ0n) is 16.6. The van der Waals surface area contributed by atoms with Gasteiger partial charge < -0.3 is 10.4 Å². The Bertz CT molecular complexity index is 1550. The summed E-state index contributed by atoms with van der Waals surface area (Å²) in [6.07, 6.45) is 0. The zero-order chi connectivity index (χ0) is 22.6. The number of nitrogens with zero attached hydrogens (tertiary/aromatic N) is 4. The van der Waals surface area contributed by atoms with E-state index in [1.165, 1.54) is 0 Å². The summed E-state index contributed by atoms with van der Waals surface area (Å²) in [6, 6.07) is 19.4. The smallest absolute Gasteiger partial charge is 0.345 e. The molecule has 0 aliphatic rings. The molecule has 0 radical (unpaired) electrons. The molecule has 0 spiro atoms. The molecule has 0 amide bonds. The molecule has 10 heteroatoms. The van der Waals surface area contributed by atoms with Crippen molar-refractivity contribution in [3.05, 3.63) is 82.6 Å². The molecule has 0 saturated carbocycles. The molecule has 0 fully saturated rings. The molecule has 2 heterocycles. The molecule has 158 valence electrons. The van der Waals surface area contributed by atoms with Crippen molar-refractivity contribution in [3.8, 4) is 22.5 Å². The molecule has 0 aliphatic heterocycles. The molecule has 32 heavy (non-hydrogen) atoms. The van der Waals surface area contributed by atoms with E-state index < -0.39 is 0 Å². The van der Waals surface area contributed by atoms with Crippen LogP contribution in [-0.2, 0) is 0 Å². The largest absolute Gasteiger partial charge is 0.427 e. The summed E-state index contributed by atoms with van der Waals surface area (Å²) in [6.45, 7) is 0. The fraction of sp³-hybridized carbons (Fsp3) is 0. The lowest BCUT2D eigenvalue weighted by molar-refractivity contribution is -0.447. The lowest BCUT2D eigenvalue weighted by Crippen LogP contribution is -2.26. The summed E-state index contributed by atoms with van der Waals surface area (Å²) in [5.41, 5.74) is 13.9. The van der Waals surface area contributed by atoms with E-state index in [1.54, 1.807) is 72.8 Å². The Hall–Kier alpha value is -4.86. The normalized spacial score (nSPS) is 11.2. The lowest BCUT2D eigenvalue weighted by Gasteiger charge is -2.12. The Morgan fingerprint density at radius 2 is 1.03 bits per heavy atom. The van der Waals surface area contributed by atoms with Crippen molar-refractivity contribution < 1.29 is 19.3 Å². The van der Waals surface area contributed by atoms with Crippen LogP contribution >= 0.6 is 0 Å². The van der Waals surface area contributed by atoms with E-state index >= 15 is 0 Å². The number of nitrogen functional groups attached to an aromatic ring is 2. The third-order valence-electron chi connectivity index (χ3n) is 5.41. The van der Waals surface area contributed by atoms with Crippen molar-refractivity contribution in [2.45, 2.75) is 0 Å². The van der Waals surface area contributed by atoms with Crippen LogP contribution in [0.1, 0.15) is 0 Å². The Morgan fingerprint density at radius 3 is 1.47 bits per heavy atom. The third-order valence-corrected chi connectivity index (χ3v) is 5.41. The van der Waals surface area contributed by atoms with E-state index in [9.17, 15) is 20.2 Å². The monoisotopic (exact) mass is 430 g/mol. The number of hydrogen-bond acceptors (Lipinski definition) is 6. The summed E-state index contributed by atoms with van der Waals surface area (Å²) < 4.78 is 2.74. The van der Waals surface area contributed by atoms with Crippen molar-refractivity contribution in [2.24, 2.45) is 0 Å². The molecular formula is C22H18N6O4+2. The molecule has 6 N–H and O–H groups in total. The Labute approximate surface area is 179 Å². The molecule has 0 unspecified atom stereocenters. The van der Waals surface area contributed by atoms with Crippen LogP contribution < -0.4 is 20.3 Å². The minimum Gasteiger partial charge on any atom is -0.427 e. The molecule has 0 saturated heterocycles. The lowest BCUT2D eigenvalue weighted by atomic mass is 10.0. The second-order valence-electron chi connectivity index (χ2n) is 7.24. The van der Waals surface area contributed by atoms with Gasteiger partial charge in [0.15, 0.2) is 11.4 Å². The minimum atomic E-state index is -0.217. The maximum Gasteiger partial charge on any atom is 0.345 e. The van der Waals surface area contributed by atoms with Crippen molar-refractivity contribution in [3.63, 3.8) is 0 Å². The summed E-state index contributed by atoms with van der Waals surface area (Å²) in [5, 5.41) is 21.6. The topological polar surface area (TPSA) is 148 Å². The van der Waals surface area contributed by atoms with Gasteiger partial charge in [0.25, 0.3) is 0 Å². The summed E-state index contributed by atoms with van der Waals surface area (Å²) >= 11 is 0. The first-order valence-corrected chi connectivity index (χ1v) is 9.61. The maximum atomic E-state index is 12.7. The van der Waals surface area contributed by atoms with Gasteiger partial charge >= 0.3 is 11.6 Å². The minimum absolute atomic E-state index is 0.0550. The number of anilines is 2. The summed E-state index contributed by atoms with van der Waals surface area (Å²) in [4.78, 5) is 25.4. The van der Waals surface area contributed by atoms with Crippen molar-refractivity contribution in [1.29, 1.82) is 0 Å². The molecular weight excluding hydrogens is 412 g/mol. The summed E-state index contributed by atoms with van der Waals surface area (Å²) in [7, 11) is 0. The van der Waals surface area contributed by atoms with E-state index in [0.717, 1.165) is 9.46 Å². The van der Waals surface area contributed by atoms with Gasteiger partial charge in [0.05, 0.1) is 0 Å². The highest BCUT2D eigenvalue weighted by Gasteiger charge is 2.25. The second kappa shape index (κ2) is 6.84. The Kier molecular flexibility index (Phi) is 4.09. The van der Waals surface area contributed by atoms with Gasteiger partial charge in [-0.15, -0.1) is 0 Å². The van der Waals surface area contributed by atoms with Crippen LogP contribution in [0.25, 0.3) is 44.6 Å². The van der Waals surface area contributed by atoms with Crippen LogP contribution in [0.15, 0.2) is 72.8 Å². The summed E-state index contributed by atoms with van der Waals surface area (Å²) in [5.74, 6) is -0.434. The van der Waals surface area contributed by atoms with Crippen LogP contribution in [0.4, 0.5) is 11.6 Å². The third kappa shape index (κ3) is 2.59. The van der Waals surface area contributed by atoms with Gasteiger partial charge in [-0.2, -0.15) is 9.46 Å². The molecule has 2 aromatic heterocycles. The van der Waals surface area contributed by atoms with Gasteiger partial charge in [0, 0.05) is 20.0 Å². The number of nitrogens with two attached hydrogens (primary N) is 2. The SMILES string of the molecule is Nc1c(-c2cccc(-c3c(N)[n+](=O)c4ccccc4n3O)c2)n(O)c2ccccc2[n+]1=O. The first-order chi connectivity index (χ1) is 15.4. The van der Waals surface area contributed by atoms with Crippen LogP contribution in [0.3, 0.4) is 0 Å². The fourth-order valence-corrected chi connectivity index (χ4v) is 3.89. The van der Waals surface area contributed by atoms with Crippen molar-refractivity contribution in [1.82, 2.24) is 9.46 Å². The van der Waals surface area contributed by atoms with Crippen LogP contribution in [0.2, 0.25) is 0 Å². The van der Waals surface area contributed by atoms with Gasteiger partial charge in [-0.25, -0.2) is 0 Å². The molecule has 0 atom stereocenters.